The fraction of sp³-hybridized carbons (Fsp3) is 0.375. The van der Waals surface area contributed by atoms with Crippen molar-refractivity contribution >= 4 is 29.1 Å². The van der Waals surface area contributed by atoms with Gasteiger partial charge < -0.3 is 23.6 Å². The first-order valence-corrected chi connectivity index (χ1v) is 14.0. The highest BCUT2D eigenvalue weighted by molar-refractivity contribution is 6.31. The molecule has 3 aromatic rings. The zero-order valence-electron chi connectivity index (χ0n) is 24.4. The normalized spacial score (nSPS) is 13.7. The summed E-state index contributed by atoms with van der Waals surface area (Å²) >= 11 is 6.36. The maximum Gasteiger partial charge on any atom is 0.337 e. The molecule has 0 radical (unpaired) electrons. The topological polar surface area (TPSA) is 105 Å². The smallest absolute Gasteiger partial charge is 0.337 e. The summed E-state index contributed by atoms with van der Waals surface area (Å²) in [6.07, 6.45) is 2.51. The van der Waals surface area contributed by atoms with Crippen LogP contribution >= 0.6 is 11.6 Å². The van der Waals surface area contributed by atoms with Crippen molar-refractivity contribution in [3.8, 4) is 16.9 Å². The van der Waals surface area contributed by atoms with Crippen LogP contribution in [0.3, 0.4) is 0 Å². The summed E-state index contributed by atoms with van der Waals surface area (Å²) in [6.45, 7) is 6.52. The predicted molar refractivity (Wildman–Crippen MR) is 161 cm³/mol. The van der Waals surface area contributed by atoms with Gasteiger partial charge in [-0.2, -0.15) is 0 Å². The monoisotopic (exact) mass is 594 g/mol. The third-order valence-corrected chi connectivity index (χ3v) is 7.07. The Morgan fingerprint density at radius 1 is 1.05 bits per heavy atom. The van der Waals surface area contributed by atoms with Gasteiger partial charge in [0.05, 0.1) is 43.3 Å². The lowest BCUT2D eigenvalue weighted by molar-refractivity contribution is -0.122. The van der Waals surface area contributed by atoms with E-state index in [0.29, 0.717) is 46.1 Å². The summed E-state index contributed by atoms with van der Waals surface area (Å²) in [6, 6.07) is 12.6. The number of pyridine rings is 1. The van der Waals surface area contributed by atoms with Gasteiger partial charge in [-0.3, -0.25) is 9.59 Å². The van der Waals surface area contributed by atoms with Gasteiger partial charge in [-0.05, 0) is 62.6 Å². The van der Waals surface area contributed by atoms with Crippen LogP contribution in [-0.2, 0) is 25.5 Å². The predicted octanol–water partition coefficient (Wildman–Crippen LogP) is 5.65. The lowest BCUT2D eigenvalue weighted by Crippen LogP contribution is -2.32. The fourth-order valence-electron chi connectivity index (χ4n) is 4.76. The average Bonchev–Trinajstić information content (AvgIpc) is 3.50. The second-order valence-electron chi connectivity index (χ2n) is 10.9. The number of nitrogens with zero attached hydrogens (tertiary/aromatic N) is 2. The molecule has 9 nitrogen and oxygen atoms in total. The highest BCUT2D eigenvalue weighted by atomic mass is 35.5. The Bertz CT molecular complexity index is 1540. The van der Waals surface area contributed by atoms with E-state index in [1.54, 1.807) is 42.6 Å². The van der Waals surface area contributed by atoms with Crippen molar-refractivity contribution in [2.75, 3.05) is 27.4 Å². The molecule has 0 bridgehead atoms. The van der Waals surface area contributed by atoms with Gasteiger partial charge in [0.15, 0.2) is 5.78 Å². The van der Waals surface area contributed by atoms with Crippen molar-refractivity contribution in [1.82, 2.24) is 4.57 Å². The number of methoxy groups -OCH3 is 2. The molecule has 1 atom stereocenters. The number of rotatable bonds is 11. The largest absolute Gasteiger partial charge is 0.495 e. The Hall–Kier alpha value is -3.95. The second-order valence-corrected chi connectivity index (χ2v) is 11.3. The number of halogens is 1. The maximum atomic E-state index is 13.7. The molecular weight excluding hydrogens is 560 g/mol. The molecule has 0 amide bonds. The summed E-state index contributed by atoms with van der Waals surface area (Å²) in [4.78, 5) is 44.4. The lowest BCUT2D eigenvalue weighted by Gasteiger charge is -2.24. The molecule has 42 heavy (non-hydrogen) atoms. The minimum absolute atomic E-state index is 0.0520. The zero-order valence-corrected chi connectivity index (χ0v) is 25.2. The molecule has 222 valence electrons. The number of hydrogen-bond acceptors (Lipinski definition) is 8. The SMILES string of the molecule is COC(=O)c1ccc(CC(=O)C(CCOC(C)(C)C)n2cc(OC)c(-c3cc(Cl)ccc3C3=NOCC3)cc2=O)cc1. The summed E-state index contributed by atoms with van der Waals surface area (Å²) in [5, 5.41) is 4.64. The number of benzene rings is 2. The van der Waals surface area contributed by atoms with Crippen molar-refractivity contribution < 1.29 is 28.6 Å². The minimum Gasteiger partial charge on any atom is -0.495 e. The molecule has 1 aromatic heterocycles. The van der Waals surface area contributed by atoms with Crippen molar-refractivity contribution in [1.29, 1.82) is 0 Å². The van der Waals surface area contributed by atoms with Gasteiger partial charge in [-0.25, -0.2) is 4.79 Å². The van der Waals surface area contributed by atoms with Gasteiger partial charge in [0.1, 0.15) is 12.4 Å². The van der Waals surface area contributed by atoms with Gasteiger partial charge in [0.2, 0.25) is 0 Å². The molecule has 0 saturated heterocycles. The number of carbonyl (C=O) groups is 2. The molecule has 0 saturated carbocycles. The van der Waals surface area contributed by atoms with E-state index in [1.165, 1.54) is 24.9 Å². The molecule has 10 heteroatoms. The Kier molecular flexibility index (Phi) is 9.85. The Balaban J connectivity index is 1.72. The van der Waals surface area contributed by atoms with Crippen molar-refractivity contribution in [2.45, 2.75) is 51.7 Å². The molecule has 0 aliphatic carbocycles. The van der Waals surface area contributed by atoms with Crippen LogP contribution in [0.15, 0.2) is 64.7 Å². The van der Waals surface area contributed by atoms with E-state index >= 15 is 0 Å². The van der Waals surface area contributed by atoms with E-state index in [1.807, 2.05) is 26.8 Å². The molecule has 0 spiro atoms. The molecular formula is C32H35ClN2O7. The number of hydrogen-bond donors (Lipinski definition) is 0. The van der Waals surface area contributed by atoms with Crippen LogP contribution in [0.5, 0.6) is 5.75 Å². The number of oxime groups is 1. The first-order valence-electron chi connectivity index (χ1n) is 13.6. The van der Waals surface area contributed by atoms with Gasteiger partial charge in [0, 0.05) is 41.7 Å². The van der Waals surface area contributed by atoms with Crippen LogP contribution < -0.4 is 10.3 Å². The first-order chi connectivity index (χ1) is 20.0. The van der Waals surface area contributed by atoms with E-state index in [2.05, 4.69) is 5.16 Å². The number of ketones is 1. The van der Waals surface area contributed by atoms with Gasteiger partial charge in [0.25, 0.3) is 5.56 Å². The van der Waals surface area contributed by atoms with E-state index in [-0.39, 0.29) is 30.8 Å². The molecule has 4 rings (SSSR count). The molecule has 1 unspecified atom stereocenters. The molecule has 0 N–H and O–H groups in total. The van der Waals surface area contributed by atoms with Crippen molar-refractivity contribution in [2.24, 2.45) is 5.16 Å². The van der Waals surface area contributed by atoms with Gasteiger partial charge in [-0.15, -0.1) is 0 Å². The summed E-state index contributed by atoms with van der Waals surface area (Å²) < 4.78 is 17.8. The van der Waals surface area contributed by atoms with Crippen LogP contribution in [0, 0.1) is 0 Å². The molecule has 0 fully saturated rings. The van der Waals surface area contributed by atoms with E-state index < -0.39 is 17.6 Å². The highest BCUT2D eigenvalue weighted by Crippen LogP contribution is 2.35. The summed E-state index contributed by atoms with van der Waals surface area (Å²) in [5.74, 6) is -0.245. The molecule has 2 aromatic carbocycles. The quantitative estimate of drug-likeness (QED) is 0.264. The number of carbonyl (C=O) groups excluding carboxylic acids is 2. The number of ether oxygens (including phenoxy) is 3. The van der Waals surface area contributed by atoms with Crippen LogP contribution in [-0.4, -0.2) is 55.1 Å². The van der Waals surface area contributed by atoms with Crippen molar-refractivity contribution in [3.05, 3.63) is 86.8 Å². The van der Waals surface area contributed by atoms with Crippen LogP contribution in [0.2, 0.25) is 5.02 Å². The molecule has 1 aliphatic rings. The summed E-state index contributed by atoms with van der Waals surface area (Å²) in [7, 11) is 2.82. The average molecular weight is 595 g/mol. The first kappa shape index (κ1) is 31.0. The number of Topliss-reactive ketones (excluding diaryl/α,β-unsaturated/α-hetero) is 1. The number of esters is 1. The third-order valence-electron chi connectivity index (χ3n) is 6.84. The lowest BCUT2D eigenvalue weighted by atomic mass is 9.95. The Labute approximate surface area is 250 Å². The van der Waals surface area contributed by atoms with E-state index in [4.69, 9.17) is 30.6 Å². The fourth-order valence-corrected chi connectivity index (χ4v) is 4.93. The number of aromatic nitrogens is 1. The third kappa shape index (κ3) is 7.46. The maximum absolute atomic E-state index is 13.7. The Morgan fingerprint density at radius 3 is 2.40 bits per heavy atom. The van der Waals surface area contributed by atoms with Gasteiger partial charge >= 0.3 is 5.97 Å². The van der Waals surface area contributed by atoms with Crippen LogP contribution in [0.4, 0.5) is 0 Å². The highest BCUT2D eigenvalue weighted by Gasteiger charge is 2.26. The van der Waals surface area contributed by atoms with E-state index in [9.17, 15) is 14.4 Å². The van der Waals surface area contributed by atoms with Gasteiger partial charge in [-0.1, -0.05) is 35.0 Å². The minimum atomic E-state index is -0.825. The summed E-state index contributed by atoms with van der Waals surface area (Å²) in [5.41, 5.74) is 3.03. The van der Waals surface area contributed by atoms with Crippen LogP contribution in [0.25, 0.3) is 11.1 Å². The van der Waals surface area contributed by atoms with Crippen LogP contribution in [0.1, 0.15) is 61.1 Å². The Morgan fingerprint density at radius 2 is 1.79 bits per heavy atom. The molecule has 2 heterocycles. The molecule has 1 aliphatic heterocycles. The van der Waals surface area contributed by atoms with Crippen molar-refractivity contribution in [3.63, 3.8) is 0 Å². The second kappa shape index (κ2) is 13.4. The van der Waals surface area contributed by atoms with E-state index in [0.717, 1.165) is 11.3 Å². The standard InChI is InChI=1S/C32H35ClN2O7/c1-32(2,3)41-14-13-27(28(36)16-20-6-8-21(9-7-20)31(38)40-5)35-19-29(39-4)25(18-30(35)37)24-17-22(33)10-11-23(24)26-12-15-42-34-26/h6-11,17-19,27H,12-16H2,1-5H3. The zero-order chi connectivity index (χ0) is 30.4.